The van der Waals surface area contributed by atoms with Crippen LogP contribution in [0.25, 0.3) is 5.65 Å². The number of nitrogens with zero attached hydrogens (tertiary/aromatic N) is 6. The Morgan fingerprint density at radius 2 is 1.93 bits per heavy atom. The minimum atomic E-state index is -0.298. The zero-order valence-electron chi connectivity index (χ0n) is 25.4. The van der Waals surface area contributed by atoms with Crippen LogP contribution in [-0.4, -0.2) is 119 Å². The maximum Gasteiger partial charge on any atom is 0.410 e. The van der Waals surface area contributed by atoms with Crippen molar-refractivity contribution in [1.29, 1.82) is 0 Å². The molecule has 0 radical (unpaired) electrons. The zero-order valence-corrected chi connectivity index (χ0v) is 25.4. The molecule has 0 spiro atoms. The second-order valence-corrected chi connectivity index (χ2v) is 12.2. The molecule has 2 atom stereocenters. The first-order valence-electron chi connectivity index (χ1n) is 15.3. The van der Waals surface area contributed by atoms with Crippen molar-refractivity contribution >= 4 is 23.5 Å². The van der Waals surface area contributed by atoms with E-state index in [9.17, 15) is 9.59 Å². The zero-order chi connectivity index (χ0) is 29.6. The van der Waals surface area contributed by atoms with Crippen molar-refractivity contribution < 1.29 is 19.1 Å². The summed E-state index contributed by atoms with van der Waals surface area (Å²) < 4.78 is 14.0. The fraction of sp³-hybridized carbons (Fsp3) is 0.667. The monoisotopic (exact) mass is 582 g/mol. The smallest absolute Gasteiger partial charge is 0.410 e. The highest BCUT2D eigenvalue weighted by atomic mass is 16.6. The van der Waals surface area contributed by atoms with Gasteiger partial charge in [0.05, 0.1) is 12.7 Å². The van der Waals surface area contributed by atoms with Gasteiger partial charge in [-0.15, -0.1) is 0 Å². The van der Waals surface area contributed by atoms with Crippen LogP contribution in [0, 0.1) is 0 Å². The minimum absolute atomic E-state index is 0.0332. The number of carbonyl (C=O) groups excluding carboxylic acids is 2. The Kier molecular flexibility index (Phi) is 9.84. The SMILES string of the molecule is CC(C)c1cnn2c(NC3CCN(C(=O)O[C@@H]4CCN(C(=O)/C=C/CN(C)C)C4)CC3)cc(O[C@@H]3CCCNC3)nc12. The van der Waals surface area contributed by atoms with Gasteiger partial charge in [-0.3, -0.25) is 4.79 Å². The third-order valence-corrected chi connectivity index (χ3v) is 8.20. The summed E-state index contributed by atoms with van der Waals surface area (Å²) in [6.07, 6.45) is 9.22. The van der Waals surface area contributed by atoms with E-state index in [2.05, 4.69) is 29.6 Å². The predicted octanol–water partition coefficient (Wildman–Crippen LogP) is 2.72. The number of rotatable bonds is 9. The lowest BCUT2D eigenvalue weighted by Gasteiger charge is -2.33. The molecule has 0 unspecified atom stereocenters. The number of nitrogens with one attached hydrogen (secondary N) is 2. The van der Waals surface area contributed by atoms with E-state index in [1.165, 1.54) is 0 Å². The topological polar surface area (TPSA) is 117 Å². The molecule has 5 rings (SSSR count). The largest absolute Gasteiger partial charge is 0.473 e. The van der Waals surface area contributed by atoms with Crippen molar-refractivity contribution in [2.24, 2.45) is 0 Å². The highest BCUT2D eigenvalue weighted by Crippen LogP contribution is 2.28. The molecule has 3 aliphatic rings. The summed E-state index contributed by atoms with van der Waals surface area (Å²) in [5.41, 5.74) is 1.90. The summed E-state index contributed by atoms with van der Waals surface area (Å²) in [6.45, 7) is 9.08. The predicted molar refractivity (Wildman–Crippen MR) is 161 cm³/mol. The van der Waals surface area contributed by atoms with E-state index in [-0.39, 0.29) is 36.2 Å². The van der Waals surface area contributed by atoms with E-state index in [1.807, 2.05) is 41.8 Å². The van der Waals surface area contributed by atoms with Crippen molar-refractivity contribution in [2.45, 2.75) is 70.1 Å². The van der Waals surface area contributed by atoms with Crippen LogP contribution in [0.3, 0.4) is 0 Å². The van der Waals surface area contributed by atoms with Gasteiger partial charge in [-0.2, -0.15) is 14.6 Å². The molecule has 3 aliphatic heterocycles. The number of likely N-dealkylation sites (tertiary alicyclic amines) is 2. The van der Waals surface area contributed by atoms with Crippen LogP contribution < -0.4 is 15.4 Å². The third-order valence-electron chi connectivity index (χ3n) is 8.20. The maximum atomic E-state index is 12.9. The fourth-order valence-electron chi connectivity index (χ4n) is 5.75. The molecule has 2 N–H and O–H groups in total. The molecule has 0 saturated carbocycles. The maximum absolute atomic E-state index is 12.9. The first-order valence-corrected chi connectivity index (χ1v) is 15.3. The van der Waals surface area contributed by atoms with Gasteiger partial charge in [0.25, 0.3) is 0 Å². The number of anilines is 1. The Balaban J connectivity index is 1.15. The number of hydrogen-bond donors (Lipinski definition) is 2. The number of carbonyl (C=O) groups is 2. The molecule has 2 amide bonds. The van der Waals surface area contributed by atoms with Crippen molar-refractivity contribution in [2.75, 3.05) is 65.2 Å². The Hall–Kier alpha value is -3.38. The number of piperidine rings is 2. The van der Waals surface area contributed by atoms with E-state index >= 15 is 0 Å². The first kappa shape index (κ1) is 30.1. The van der Waals surface area contributed by atoms with Crippen molar-refractivity contribution in [3.05, 3.63) is 30.0 Å². The number of fused-ring (bicyclic) bond motifs is 1. The van der Waals surface area contributed by atoms with Gasteiger partial charge in [0.1, 0.15) is 18.0 Å². The van der Waals surface area contributed by atoms with Gasteiger partial charge in [-0.1, -0.05) is 19.9 Å². The summed E-state index contributed by atoms with van der Waals surface area (Å²) in [5, 5.41) is 11.7. The van der Waals surface area contributed by atoms with E-state index in [0.717, 1.165) is 55.8 Å². The Morgan fingerprint density at radius 1 is 1.14 bits per heavy atom. The highest BCUT2D eigenvalue weighted by Gasteiger charge is 2.31. The molecule has 12 nitrogen and oxygen atoms in total. The first-order chi connectivity index (χ1) is 20.3. The molecule has 2 aromatic rings. The summed E-state index contributed by atoms with van der Waals surface area (Å²) in [4.78, 5) is 35.7. The molecule has 3 fully saturated rings. The van der Waals surface area contributed by atoms with Gasteiger partial charge in [0.15, 0.2) is 5.65 Å². The summed E-state index contributed by atoms with van der Waals surface area (Å²) in [5.74, 6) is 1.71. The van der Waals surface area contributed by atoms with Crippen LogP contribution in [0.1, 0.15) is 57.4 Å². The van der Waals surface area contributed by atoms with Crippen LogP contribution >= 0.6 is 0 Å². The molecule has 42 heavy (non-hydrogen) atoms. The summed E-state index contributed by atoms with van der Waals surface area (Å²) >= 11 is 0. The molecule has 2 aromatic heterocycles. The van der Waals surface area contributed by atoms with E-state index < -0.39 is 0 Å². The van der Waals surface area contributed by atoms with Crippen molar-refractivity contribution in [3.63, 3.8) is 0 Å². The van der Waals surface area contributed by atoms with E-state index in [4.69, 9.17) is 14.5 Å². The average molecular weight is 583 g/mol. The molecule has 0 aromatic carbocycles. The van der Waals surface area contributed by atoms with Crippen molar-refractivity contribution in [3.8, 4) is 5.88 Å². The standard InChI is InChI=1S/C30H46N8O4/c1-21(2)25-19-32-38-26(17-27(34-29(25)38)41-23-7-5-12-31-18-23)33-22-9-14-36(15-10-22)30(40)42-24-11-16-37(20-24)28(39)8-6-13-35(3)4/h6,8,17,19,21-24,31,33H,5,7,9-16,18,20H2,1-4H3/b8-6+/t23-,24-/m1/s1. The number of ether oxygens (including phenoxy) is 2. The quantitative estimate of drug-likeness (QED) is 0.431. The second kappa shape index (κ2) is 13.7. The molecule has 0 aliphatic carbocycles. The van der Waals surface area contributed by atoms with Gasteiger partial charge in [-0.05, 0) is 52.2 Å². The molecular formula is C30H46N8O4. The van der Waals surface area contributed by atoms with Gasteiger partial charge < -0.3 is 34.8 Å². The lowest BCUT2D eigenvalue weighted by Crippen LogP contribution is -2.44. The van der Waals surface area contributed by atoms with Gasteiger partial charge in [-0.25, -0.2) is 4.79 Å². The fourth-order valence-corrected chi connectivity index (χ4v) is 5.75. The Labute approximate surface area is 248 Å². The lowest BCUT2D eigenvalue weighted by atomic mass is 10.1. The minimum Gasteiger partial charge on any atom is -0.473 e. The summed E-state index contributed by atoms with van der Waals surface area (Å²) in [7, 11) is 3.92. The number of amides is 2. The van der Waals surface area contributed by atoms with Crippen LogP contribution in [-0.2, 0) is 9.53 Å². The molecule has 230 valence electrons. The van der Waals surface area contributed by atoms with Crippen LogP contribution in [0.5, 0.6) is 5.88 Å². The highest BCUT2D eigenvalue weighted by molar-refractivity contribution is 5.87. The lowest BCUT2D eigenvalue weighted by molar-refractivity contribution is -0.125. The van der Waals surface area contributed by atoms with Gasteiger partial charge >= 0.3 is 6.09 Å². The van der Waals surface area contributed by atoms with Gasteiger partial charge in [0, 0.05) is 62.9 Å². The molecular weight excluding hydrogens is 536 g/mol. The number of hydrogen-bond acceptors (Lipinski definition) is 9. The Morgan fingerprint density at radius 3 is 2.64 bits per heavy atom. The van der Waals surface area contributed by atoms with E-state index in [1.54, 1.807) is 15.9 Å². The third kappa shape index (κ3) is 7.52. The van der Waals surface area contributed by atoms with Crippen LogP contribution in [0.4, 0.5) is 10.6 Å². The van der Waals surface area contributed by atoms with Crippen LogP contribution in [0.15, 0.2) is 24.4 Å². The Bertz CT molecular complexity index is 1250. The van der Waals surface area contributed by atoms with E-state index in [0.29, 0.717) is 45.0 Å². The second-order valence-electron chi connectivity index (χ2n) is 12.2. The normalized spacial score (nSPS) is 22.0. The molecule has 5 heterocycles. The molecule has 12 heteroatoms. The average Bonchev–Trinajstić information content (AvgIpc) is 3.61. The number of aromatic nitrogens is 3. The van der Waals surface area contributed by atoms with Gasteiger partial charge in [0.2, 0.25) is 11.8 Å². The van der Waals surface area contributed by atoms with Crippen molar-refractivity contribution in [1.82, 2.24) is 34.6 Å². The molecule has 3 saturated heterocycles. The summed E-state index contributed by atoms with van der Waals surface area (Å²) in [6, 6.07) is 2.12. The van der Waals surface area contributed by atoms with Crippen LogP contribution in [0.2, 0.25) is 0 Å². The molecule has 0 bridgehead atoms. The number of likely N-dealkylation sites (N-methyl/N-ethyl adjacent to an activating group) is 1.